The number of hydrogen-bond donors (Lipinski definition) is 1. The number of para-hydroxylation sites is 2. The number of carbonyl (C=O) groups excluding carboxylic acids is 2. The van der Waals surface area contributed by atoms with Gasteiger partial charge in [-0.25, -0.2) is 0 Å². The van der Waals surface area contributed by atoms with Gasteiger partial charge in [-0.2, -0.15) is 0 Å². The Labute approximate surface area is 174 Å². The molecule has 5 nitrogen and oxygen atoms in total. The number of Topliss-reactive ketones (excluding diaryl/α,β-unsaturated/α-hetero) is 1. The van der Waals surface area contributed by atoms with Crippen LogP contribution in [-0.2, 0) is 6.42 Å². The summed E-state index contributed by atoms with van der Waals surface area (Å²) in [5.74, 6) is 0.302. The second-order valence-electron chi connectivity index (χ2n) is 6.29. The summed E-state index contributed by atoms with van der Waals surface area (Å²) in [5, 5.41) is 0. The lowest BCUT2D eigenvalue weighted by Crippen LogP contribution is -2.16. The number of carbonyl (C=O) groups is 2. The van der Waals surface area contributed by atoms with Gasteiger partial charge in [0, 0.05) is 17.5 Å². The van der Waals surface area contributed by atoms with E-state index in [1.807, 2.05) is 42.5 Å². The van der Waals surface area contributed by atoms with Gasteiger partial charge in [-0.3, -0.25) is 9.59 Å². The van der Waals surface area contributed by atoms with Crippen molar-refractivity contribution in [2.24, 2.45) is 5.73 Å². The van der Waals surface area contributed by atoms with Crippen molar-refractivity contribution in [2.75, 3.05) is 13.0 Å². The quantitative estimate of drug-likeness (QED) is 0.435. The molecule has 0 saturated carbocycles. The number of rotatable bonds is 8. The second-order valence-corrected chi connectivity index (χ2v) is 6.56. The molecular weight excluding hydrogens is 390 g/mol. The maximum atomic E-state index is 12.5. The fourth-order valence-electron chi connectivity index (χ4n) is 3.09. The van der Waals surface area contributed by atoms with E-state index in [-0.39, 0.29) is 23.0 Å². The molecule has 0 radical (unpaired) electrons. The summed E-state index contributed by atoms with van der Waals surface area (Å²) in [5.41, 5.74) is 7.51. The highest BCUT2D eigenvalue weighted by Crippen LogP contribution is 2.35. The first kappa shape index (κ1) is 20.4. The third-order valence-corrected chi connectivity index (χ3v) is 4.71. The Morgan fingerprint density at radius 3 is 2.24 bits per heavy atom. The van der Waals surface area contributed by atoms with E-state index in [0.29, 0.717) is 29.0 Å². The van der Waals surface area contributed by atoms with Gasteiger partial charge in [-0.1, -0.05) is 42.5 Å². The highest BCUT2D eigenvalue weighted by molar-refractivity contribution is 6.30. The molecule has 0 atom stereocenters. The number of ether oxygens (including phenoxy) is 2. The average molecular weight is 410 g/mol. The van der Waals surface area contributed by atoms with Crippen molar-refractivity contribution < 1.29 is 19.1 Å². The molecule has 0 unspecified atom stereocenters. The molecule has 0 spiro atoms. The summed E-state index contributed by atoms with van der Waals surface area (Å²) in [6.45, 7) is 0. The number of ketones is 1. The zero-order valence-corrected chi connectivity index (χ0v) is 16.6. The van der Waals surface area contributed by atoms with Gasteiger partial charge in [0.25, 0.3) is 5.91 Å². The van der Waals surface area contributed by atoms with Crippen LogP contribution >= 0.6 is 11.6 Å². The number of halogens is 1. The van der Waals surface area contributed by atoms with Crippen molar-refractivity contribution in [1.29, 1.82) is 0 Å². The molecule has 0 saturated heterocycles. The smallest absolute Gasteiger partial charge is 0.252 e. The first-order valence-corrected chi connectivity index (χ1v) is 9.48. The first-order chi connectivity index (χ1) is 14.0. The van der Waals surface area contributed by atoms with Crippen LogP contribution in [0.4, 0.5) is 0 Å². The second kappa shape index (κ2) is 9.26. The molecule has 0 aliphatic carbocycles. The highest BCUT2D eigenvalue weighted by atomic mass is 35.5. The van der Waals surface area contributed by atoms with Gasteiger partial charge in [0.2, 0.25) is 0 Å². The molecule has 3 rings (SSSR count). The summed E-state index contributed by atoms with van der Waals surface area (Å²) in [6.07, 6.45) is 0.297. The molecule has 0 fully saturated rings. The van der Waals surface area contributed by atoms with Gasteiger partial charge in [0.1, 0.15) is 17.2 Å². The fraction of sp³-hybridized carbons (Fsp3) is 0.130. The van der Waals surface area contributed by atoms with Gasteiger partial charge in [0.15, 0.2) is 5.78 Å². The Bertz CT molecular complexity index is 1030. The van der Waals surface area contributed by atoms with Gasteiger partial charge >= 0.3 is 0 Å². The molecule has 2 N–H and O–H groups in total. The van der Waals surface area contributed by atoms with Crippen LogP contribution in [0.1, 0.15) is 31.8 Å². The lowest BCUT2D eigenvalue weighted by Gasteiger charge is -2.18. The first-order valence-electron chi connectivity index (χ1n) is 8.94. The van der Waals surface area contributed by atoms with E-state index in [0.717, 1.165) is 5.56 Å². The molecule has 0 heterocycles. The van der Waals surface area contributed by atoms with Gasteiger partial charge in [0.05, 0.1) is 18.6 Å². The molecule has 0 bridgehead atoms. The Morgan fingerprint density at radius 1 is 0.931 bits per heavy atom. The molecule has 148 valence electrons. The van der Waals surface area contributed by atoms with Crippen molar-refractivity contribution in [3.8, 4) is 17.2 Å². The number of alkyl halides is 1. The van der Waals surface area contributed by atoms with Crippen LogP contribution < -0.4 is 15.2 Å². The van der Waals surface area contributed by atoms with Crippen molar-refractivity contribution in [3.05, 3.63) is 89.0 Å². The standard InChI is InChI=1S/C23H20ClNO4/c1-28-21-10-6-5-7-15(21)13-19-17(20(26)14-24)11-12-18(23(25)27)22(19)29-16-8-3-2-4-9-16/h2-12H,13-14H2,1H3,(H2,25,27). The SMILES string of the molecule is COc1ccccc1Cc1c(C(=O)CCl)ccc(C(N)=O)c1Oc1ccccc1. The number of primary amides is 1. The molecule has 29 heavy (non-hydrogen) atoms. The normalized spacial score (nSPS) is 10.4. The minimum Gasteiger partial charge on any atom is -0.496 e. The van der Waals surface area contributed by atoms with E-state index < -0.39 is 5.91 Å². The minimum absolute atomic E-state index is 0.185. The molecule has 1 amide bonds. The zero-order chi connectivity index (χ0) is 20.8. The third kappa shape index (κ3) is 4.58. The van der Waals surface area contributed by atoms with E-state index in [1.165, 1.54) is 6.07 Å². The van der Waals surface area contributed by atoms with Crippen LogP contribution in [0.5, 0.6) is 17.2 Å². The zero-order valence-electron chi connectivity index (χ0n) is 15.9. The fourth-order valence-corrected chi connectivity index (χ4v) is 3.24. The maximum absolute atomic E-state index is 12.5. The lowest BCUT2D eigenvalue weighted by molar-refractivity contribution is 0.0991. The van der Waals surface area contributed by atoms with E-state index >= 15 is 0 Å². The molecular formula is C23H20ClNO4. The predicted molar refractivity (Wildman–Crippen MR) is 112 cm³/mol. The van der Waals surface area contributed by atoms with Crippen molar-refractivity contribution in [2.45, 2.75) is 6.42 Å². The van der Waals surface area contributed by atoms with E-state index in [1.54, 1.807) is 25.3 Å². The van der Waals surface area contributed by atoms with Gasteiger partial charge in [-0.15, -0.1) is 11.6 Å². The summed E-state index contributed by atoms with van der Waals surface area (Å²) < 4.78 is 11.5. The molecule has 0 aromatic heterocycles. The van der Waals surface area contributed by atoms with Crippen molar-refractivity contribution in [1.82, 2.24) is 0 Å². The topological polar surface area (TPSA) is 78.6 Å². The van der Waals surface area contributed by atoms with Crippen molar-refractivity contribution >= 4 is 23.3 Å². The molecule has 0 aliphatic rings. The molecule has 3 aromatic carbocycles. The summed E-state index contributed by atoms with van der Waals surface area (Å²) in [4.78, 5) is 24.6. The molecule has 3 aromatic rings. The highest BCUT2D eigenvalue weighted by Gasteiger charge is 2.23. The Balaban J connectivity index is 2.21. The number of benzene rings is 3. The van der Waals surface area contributed by atoms with Crippen LogP contribution in [0.25, 0.3) is 0 Å². The molecule has 6 heteroatoms. The number of hydrogen-bond acceptors (Lipinski definition) is 4. The Kier molecular flexibility index (Phi) is 6.52. The monoisotopic (exact) mass is 409 g/mol. The lowest BCUT2D eigenvalue weighted by atomic mass is 9.93. The predicted octanol–water partition coefficient (Wildman–Crippen LogP) is 4.60. The minimum atomic E-state index is -0.651. The third-order valence-electron chi connectivity index (χ3n) is 4.47. The average Bonchev–Trinajstić information content (AvgIpc) is 2.75. The Morgan fingerprint density at radius 2 is 1.59 bits per heavy atom. The van der Waals surface area contributed by atoms with E-state index in [2.05, 4.69) is 0 Å². The van der Waals surface area contributed by atoms with Gasteiger partial charge < -0.3 is 15.2 Å². The van der Waals surface area contributed by atoms with E-state index in [4.69, 9.17) is 26.8 Å². The number of amides is 1. The van der Waals surface area contributed by atoms with Gasteiger partial charge in [-0.05, 0) is 29.8 Å². The summed E-state index contributed by atoms with van der Waals surface area (Å²) in [7, 11) is 1.57. The Hall–Kier alpha value is -3.31. The summed E-state index contributed by atoms with van der Waals surface area (Å²) in [6, 6.07) is 19.5. The van der Waals surface area contributed by atoms with Crippen molar-refractivity contribution in [3.63, 3.8) is 0 Å². The number of methoxy groups -OCH3 is 1. The van der Waals surface area contributed by atoms with Crippen LogP contribution in [0, 0.1) is 0 Å². The van der Waals surface area contributed by atoms with E-state index in [9.17, 15) is 9.59 Å². The van der Waals surface area contributed by atoms with Crippen LogP contribution in [-0.4, -0.2) is 24.7 Å². The largest absolute Gasteiger partial charge is 0.496 e. The van der Waals surface area contributed by atoms with Crippen LogP contribution in [0.15, 0.2) is 66.7 Å². The molecule has 0 aliphatic heterocycles. The maximum Gasteiger partial charge on any atom is 0.252 e. The summed E-state index contributed by atoms with van der Waals surface area (Å²) >= 11 is 5.83. The number of nitrogens with two attached hydrogens (primary N) is 1. The van der Waals surface area contributed by atoms with Crippen LogP contribution in [0.3, 0.4) is 0 Å². The van der Waals surface area contributed by atoms with Crippen LogP contribution in [0.2, 0.25) is 0 Å².